The highest BCUT2D eigenvalue weighted by molar-refractivity contribution is 5.90. The zero-order valence-electron chi connectivity index (χ0n) is 10.7. The molecule has 0 aliphatic carbocycles. The molecule has 1 amide bonds. The predicted molar refractivity (Wildman–Crippen MR) is 72.1 cm³/mol. The smallest absolute Gasteiger partial charge is 0.224 e. The predicted octanol–water partition coefficient (Wildman–Crippen LogP) is 1.33. The number of carbonyl (C=O) groups excluding carboxylic acids is 1. The number of nitrogens with zero attached hydrogens (tertiary/aromatic N) is 2. The van der Waals surface area contributed by atoms with Crippen molar-refractivity contribution in [1.82, 2.24) is 9.88 Å². The SMILES string of the molecule is CN1CCC(CC(=O)Nc2ccc(N)nc2)CC1. The molecule has 0 saturated carbocycles. The summed E-state index contributed by atoms with van der Waals surface area (Å²) in [6.07, 6.45) is 4.38. The Balaban J connectivity index is 1.80. The van der Waals surface area contributed by atoms with Gasteiger partial charge in [-0.25, -0.2) is 4.98 Å². The van der Waals surface area contributed by atoms with Crippen molar-refractivity contribution in [2.24, 2.45) is 5.92 Å². The lowest BCUT2D eigenvalue weighted by molar-refractivity contribution is -0.117. The molecule has 1 aromatic heterocycles. The molecule has 5 heteroatoms. The van der Waals surface area contributed by atoms with Crippen LogP contribution in [-0.2, 0) is 4.79 Å². The first-order valence-electron chi connectivity index (χ1n) is 6.33. The number of aromatic nitrogens is 1. The molecule has 0 spiro atoms. The summed E-state index contributed by atoms with van der Waals surface area (Å²) in [7, 11) is 2.12. The van der Waals surface area contributed by atoms with E-state index < -0.39 is 0 Å². The Morgan fingerprint density at radius 2 is 2.22 bits per heavy atom. The molecule has 0 aromatic carbocycles. The highest BCUT2D eigenvalue weighted by atomic mass is 16.1. The molecule has 2 rings (SSSR count). The fourth-order valence-electron chi connectivity index (χ4n) is 2.22. The van der Waals surface area contributed by atoms with Crippen LogP contribution in [0.15, 0.2) is 18.3 Å². The highest BCUT2D eigenvalue weighted by Crippen LogP contribution is 2.20. The summed E-state index contributed by atoms with van der Waals surface area (Å²) >= 11 is 0. The van der Waals surface area contributed by atoms with E-state index in [2.05, 4.69) is 22.2 Å². The fourth-order valence-corrected chi connectivity index (χ4v) is 2.22. The largest absolute Gasteiger partial charge is 0.384 e. The number of pyridine rings is 1. The van der Waals surface area contributed by atoms with Gasteiger partial charge in [0.05, 0.1) is 11.9 Å². The van der Waals surface area contributed by atoms with Crippen LogP contribution in [0.2, 0.25) is 0 Å². The third kappa shape index (κ3) is 3.70. The lowest BCUT2D eigenvalue weighted by Crippen LogP contribution is -2.31. The maximum absolute atomic E-state index is 11.9. The van der Waals surface area contributed by atoms with Gasteiger partial charge >= 0.3 is 0 Å². The van der Waals surface area contributed by atoms with E-state index in [0.717, 1.165) is 25.9 Å². The Hall–Kier alpha value is -1.62. The Labute approximate surface area is 107 Å². The van der Waals surface area contributed by atoms with E-state index in [1.165, 1.54) is 0 Å². The molecule has 1 fully saturated rings. The number of hydrogen-bond donors (Lipinski definition) is 2. The number of carbonyl (C=O) groups is 1. The molecule has 0 atom stereocenters. The molecule has 5 nitrogen and oxygen atoms in total. The third-order valence-corrected chi connectivity index (χ3v) is 3.38. The van der Waals surface area contributed by atoms with E-state index in [0.29, 0.717) is 23.8 Å². The standard InChI is InChI=1S/C13H20N4O/c1-17-6-4-10(5-7-17)8-13(18)16-11-2-3-12(14)15-9-11/h2-3,9-10H,4-8H2,1H3,(H2,14,15)(H,16,18). The molecule has 3 N–H and O–H groups in total. The van der Waals surface area contributed by atoms with Crippen LogP contribution in [-0.4, -0.2) is 35.9 Å². The number of rotatable bonds is 3. The first-order chi connectivity index (χ1) is 8.63. The first kappa shape index (κ1) is 12.8. The Morgan fingerprint density at radius 3 is 2.83 bits per heavy atom. The number of nitrogens with two attached hydrogens (primary N) is 1. The van der Waals surface area contributed by atoms with Gasteiger partial charge in [0.25, 0.3) is 0 Å². The molecule has 1 aromatic rings. The summed E-state index contributed by atoms with van der Waals surface area (Å²) in [6.45, 7) is 2.17. The quantitative estimate of drug-likeness (QED) is 0.846. The zero-order chi connectivity index (χ0) is 13.0. The first-order valence-corrected chi connectivity index (χ1v) is 6.33. The molecule has 0 bridgehead atoms. The molecule has 0 unspecified atom stereocenters. The molecule has 1 aliphatic rings. The normalized spacial score (nSPS) is 17.6. The van der Waals surface area contributed by atoms with E-state index in [1.807, 2.05) is 0 Å². The van der Waals surface area contributed by atoms with Crippen LogP contribution < -0.4 is 11.1 Å². The maximum Gasteiger partial charge on any atom is 0.224 e. The number of likely N-dealkylation sites (tertiary alicyclic amines) is 1. The lowest BCUT2D eigenvalue weighted by Gasteiger charge is -2.28. The zero-order valence-corrected chi connectivity index (χ0v) is 10.7. The van der Waals surface area contributed by atoms with Crippen molar-refractivity contribution in [2.45, 2.75) is 19.3 Å². The van der Waals surface area contributed by atoms with Crippen molar-refractivity contribution < 1.29 is 4.79 Å². The third-order valence-electron chi connectivity index (χ3n) is 3.38. The van der Waals surface area contributed by atoms with E-state index in [9.17, 15) is 4.79 Å². The number of hydrogen-bond acceptors (Lipinski definition) is 4. The minimum Gasteiger partial charge on any atom is -0.384 e. The van der Waals surface area contributed by atoms with Gasteiger partial charge in [-0.1, -0.05) is 0 Å². The van der Waals surface area contributed by atoms with Crippen molar-refractivity contribution in [2.75, 3.05) is 31.2 Å². The van der Waals surface area contributed by atoms with Crippen molar-refractivity contribution in [3.63, 3.8) is 0 Å². The minimum atomic E-state index is 0.0659. The minimum absolute atomic E-state index is 0.0659. The van der Waals surface area contributed by atoms with Crippen molar-refractivity contribution >= 4 is 17.4 Å². The number of nitrogens with one attached hydrogen (secondary N) is 1. The summed E-state index contributed by atoms with van der Waals surface area (Å²) in [5.41, 5.74) is 6.20. The Morgan fingerprint density at radius 1 is 1.50 bits per heavy atom. The van der Waals surface area contributed by atoms with Crippen molar-refractivity contribution in [1.29, 1.82) is 0 Å². The summed E-state index contributed by atoms with van der Waals surface area (Å²) in [4.78, 5) is 18.1. The van der Waals surface area contributed by atoms with Gasteiger partial charge < -0.3 is 16.0 Å². The Bertz CT molecular complexity index is 396. The van der Waals surface area contributed by atoms with Crippen LogP contribution in [0.25, 0.3) is 0 Å². The van der Waals surface area contributed by atoms with Gasteiger partial charge in [-0.3, -0.25) is 4.79 Å². The van der Waals surface area contributed by atoms with Crippen LogP contribution in [0.5, 0.6) is 0 Å². The van der Waals surface area contributed by atoms with E-state index >= 15 is 0 Å². The monoisotopic (exact) mass is 248 g/mol. The number of amides is 1. The fraction of sp³-hybridized carbons (Fsp3) is 0.538. The van der Waals surface area contributed by atoms with E-state index in [-0.39, 0.29) is 5.91 Å². The van der Waals surface area contributed by atoms with Crippen LogP contribution in [0.1, 0.15) is 19.3 Å². The van der Waals surface area contributed by atoms with Crippen LogP contribution in [0.3, 0.4) is 0 Å². The second-order valence-corrected chi connectivity index (χ2v) is 4.97. The summed E-state index contributed by atoms with van der Waals surface area (Å²) in [5, 5.41) is 2.86. The van der Waals surface area contributed by atoms with Gasteiger partial charge in [-0.15, -0.1) is 0 Å². The number of piperidine rings is 1. The van der Waals surface area contributed by atoms with Crippen LogP contribution in [0, 0.1) is 5.92 Å². The summed E-state index contributed by atoms with van der Waals surface area (Å²) < 4.78 is 0. The molecule has 0 radical (unpaired) electrons. The van der Waals surface area contributed by atoms with E-state index in [4.69, 9.17) is 5.73 Å². The van der Waals surface area contributed by atoms with Gasteiger partial charge in [0.1, 0.15) is 5.82 Å². The second-order valence-electron chi connectivity index (χ2n) is 4.97. The summed E-state index contributed by atoms with van der Waals surface area (Å²) in [5.74, 6) is 1.03. The van der Waals surface area contributed by atoms with E-state index in [1.54, 1.807) is 18.3 Å². The average Bonchev–Trinajstić information content (AvgIpc) is 2.35. The van der Waals surface area contributed by atoms with Gasteiger partial charge in [0, 0.05) is 6.42 Å². The second kappa shape index (κ2) is 5.82. The van der Waals surface area contributed by atoms with Gasteiger partial charge in [0.15, 0.2) is 0 Å². The summed E-state index contributed by atoms with van der Waals surface area (Å²) in [6, 6.07) is 3.46. The number of nitrogen functional groups attached to an aromatic ring is 1. The molecule has 1 aliphatic heterocycles. The molecule has 1 saturated heterocycles. The van der Waals surface area contributed by atoms with Crippen LogP contribution in [0.4, 0.5) is 11.5 Å². The molecule has 2 heterocycles. The van der Waals surface area contributed by atoms with Crippen molar-refractivity contribution in [3.8, 4) is 0 Å². The van der Waals surface area contributed by atoms with Crippen LogP contribution >= 0.6 is 0 Å². The lowest BCUT2D eigenvalue weighted by atomic mass is 9.93. The highest BCUT2D eigenvalue weighted by Gasteiger charge is 2.19. The average molecular weight is 248 g/mol. The van der Waals surface area contributed by atoms with Crippen molar-refractivity contribution in [3.05, 3.63) is 18.3 Å². The topological polar surface area (TPSA) is 71.2 Å². The van der Waals surface area contributed by atoms with Gasteiger partial charge in [-0.2, -0.15) is 0 Å². The number of anilines is 2. The molecular formula is C13H20N4O. The Kier molecular flexibility index (Phi) is 4.15. The van der Waals surface area contributed by atoms with Gasteiger partial charge in [0.2, 0.25) is 5.91 Å². The van der Waals surface area contributed by atoms with Gasteiger partial charge in [-0.05, 0) is 51.0 Å². The molecule has 98 valence electrons. The maximum atomic E-state index is 11.9. The molecular weight excluding hydrogens is 228 g/mol. The molecule has 18 heavy (non-hydrogen) atoms.